The number of hydrogen-bond acceptors (Lipinski definition) is 14. The van der Waals surface area contributed by atoms with E-state index in [1.165, 1.54) is 0 Å². The average Bonchev–Trinajstić information content (AvgIpc) is 3.95. The van der Waals surface area contributed by atoms with Gasteiger partial charge >= 0.3 is 0 Å². The molecule has 6 N–H and O–H groups in total. The van der Waals surface area contributed by atoms with Crippen molar-refractivity contribution >= 4 is 81.6 Å². The maximum absolute atomic E-state index is 14.5. The van der Waals surface area contributed by atoms with E-state index >= 15 is 0 Å². The summed E-state index contributed by atoms with van der Waals surface area (Å²) in [5.74, 6) is 0.879. The van der Waals surface area contributed by atoms with Gasteiger partial charge in [-0.25, -0.2) is 4.68 Å². The molecule has 0 unspecified atom stereocenters. The molecule has 4 fully saturated rings. The van der Waals surface area contributed by atoms with Crippen molar-refractivity contribution in [2.45, 2.75) is 139 Å². The Balaban J connectivity index is 0.944. The van der Waals surface area contributed by atoms with Crippen molar-refractivity contribution in [1.29, 1.82) is 0 Å². The Labute approximate surface area is 443 Å². The van der Waals surface area contributed by atoms with E-state index < -0.39 is 47.1 Å². The van der Waals surface area contributed by atoms with Crippen molar-refractivity contribution < 1.29 is 28.7 Å². The van der Waals surface area contributed by atoms with Crippen molar-refractivity contribution in [2.75, 3.05) is 45.4 Å². The third-order valence-electron chi connectivity index (χ3n) is 14.3. The molecule has 0 saturated carbocycles. The lowest BCUT2D eigenvalue weighted by Crippen LogP contribution is -2.58. The van der Waals surface area contributed by atoms with E-state index in [0.29, 0.717) is 47.9 Å². The summed E-state index contributed by atoms with van der Waals surface area (Å²) in [7, 11) is 3.66. The van der Waals surface area contributed by atoms with E-state index in [0.717, 1.165) is 22.6 Å². The number of rotatable bonds is 21. The molecule has 4 amide bonds. The number of carbonyl (C=O) groups is 4. The van der Waals surface area contributed by atoms with Crippen molar-refractivity contribution in [1.82, 2.24) is 56.7 Å². The van der Waals surface area contributed by atoms with Crippen LogP contribution in [0.2, 0.25) is 0 Å². The summed E-state index contributed by atoms with van der Waals surface area (Å²) < 4.78 is 14.2. The number of nitrogens with zero attached hydrogens (tertiary/aromatic N) is 5. The smallest absolute Gasteiger partial charge is 0.246 e. The molecular formula is C51H73N11O6S4. The van der Waals surface area contributed by atoms with Gasteiger partial charge in [-0.3, -0.25) is 19.2 Å². The van der Waals surface area contributed by atoms with Crippen LogP contribution in [0.3, 0.4) is 0 Å². The number of nitrogens with one attached hydrogen (secondary N) is 6. The van der Waals surface area contributed by atoms with Gasteiger partial charge in [-0.1, -0.05) is 118 Å². The molecule has 1 aromatic heterocycles. The summed E-state index contributed by atoms with van der Waals surface area (Å²) in [6.45, 7) is 13.3. The third kappa shape index (κ3) is 13.4. The molecule has 10 atom stereocenters. The number of ether oxygens (including phenoxy) is 2. The van der Waals surface area contributed by atoms with Crippen LogP contribution in [-0.4, -0.2) is 151 Å². The second-order valence-electron chi connectivity index (χ2n) is 20.6. The zero-order valence-electron chi connectivity index (χ0n) is 42.7. The number of benzene rings is 2. The largest absolute Gasteiger partial charge is 0.377 e. The Morgan fingerprint density at radius 1 is 0.722 bits per heavy atom. The van der Waals surface area contributed by atoms with E-state index in [9.17, 15) is 19.2 Å². The molecule has 392 valence electrons. The zero-order valence-corrected chi connectivity index (χ0v) is 46.0. The molecule has 2 aromatic carbocycles. The number of likely N-dealkylation sites (N-methyl/N-ethyl adjacent to an activating group) is 2. The molecular weight excluding hydrogens is 991 g/mol. The first-order valence-corrected chi connectivity index (χ1v) is 27.9. The average molecular weight is 1060 g/mol. The predicted octanol–water partition coefficient (Wildman–Crippen LogP) is 4.49. The third-order valence-corrected chi connectivity index (χ3v) is 17.7. The Morgan fingerprint density at radius 3 is 1.61 bits per heavy atom. The van der Waals surface area contributed by atoms with Crippen molar-refractivity contribution in [3.63, 3.8) is 0 Å². The zero-order chi connectivity index (χ0) is 51.7. The Hall–Kier alpha value is -4.22. The van der Waals surface area contributed by atoms with Gasteiger partial charge in [-0.2, -0.15) is 0 Å². The highest BCUT2D eigenvalue weighted by molar-refractivity contribution is 8.00. The molecule has 4 aliphatic rings. The number of fused-ring (bicyclic) bond motifs is 2. The van der Waals surface area contributed by atoms with Gasteiger partial charge < -0.3 is 51.2 Å². The Bertz CT molecular complexity index is 2360. The second-order valence-corrected chi connectivity index (χ2v) is 24.0. The van der Waals surface area contributed by atoms with Crippen LogP contribution in [0.4, 0.5) is 0 Å². The van der Waals surface area contributed by atoms with E-state index in [4.69, 9.17) is 33.9 Å². The molecule has 0 spiro atoms. The molecule has 0 bridgehead atoms. The van der Waals surface area contributed by atoms with Crippen LogP contribution in [0.1, 0.15) is 96.1 Å². The topological polar surface area (TPSA) is 196 Å². The van der Waals surface area contributed by atoms with Gasteiger partial charge in [-0.15, -0.1) is 28.6 Å². The van der Waals surface area contributed by atoms with Gasteiger partial charge in [0.25, 0.3) is 0 Å². The van der Waals surface area contributed by atoms with Crippen LogP contribution >= 0.6 is 48.0 Å². The van der Waals surface area contributed by atoms with Gasteiger partial charge in [0.1, 0.15) is 29.9 Å². The molecule has 3 aromatic rings. The minimum absolute atomic E-state index is 0.0959. The maximum Gasteiger partial charge on any atom is 0.246 e. The number of amides is 4. The highest BCUT2D eigenvalue weighted by Gasteiger charge is 2.56. The first kappa shape index (κ1) is 55.5. The summed E-state index contributed by atoms with van der Waals surface area (Å²) >= 11 is 14.7. The summed E-state index contributed by atoms with van der Waals surface area (Å²) in [5, 5.41) is 27.8. The fraction of sp³-hybridized carbons (Fsp3) is 0.608. The monoisotopic (exact) mass is 1060 g/mol. The van der Waals surface area contributed by atoms with Crippen LogP contribution in [0.25, 0.3) is 0 Å². The first-order chi connectivity index (χ1) is 34.4. The van der Waals surface area contributed by atoms with Crippen molar-refractivity contribution in [3.05, 3.63) is 83.7 Å². The fourth-order valence-electron chi connectivity index (χ4n) is 10.0. The molecule has 0 aliphatic carbocycles. The molecule has 7 rings (SSSR count). The molecule has 5 heterocycles. The molecule has 21 heteroatoms. The number of aromatic nitrogens is 3. The van der Waals surface area contributed by atoms with Gasteiger partial charge in [0.15, 0.2) is 0 Å². The molecule has 4 aliphatic heterocycles. The summed E-state index contributed by atoms with van der Waals surface area (Å²) in [6, 6.07) is 15.8. The standard InChI is InChI=1S/C51H73N11O6S4/c1-31(52-7)46(69)56-36-19-23-71-40-25-50(3,4)42(61(40)48(36)65)44(63)54-38(33-15-11-9-12-16-33)29-67-22-21-60-27-35(58-59-60)28-68-30-39(34-17-13-10-14-18-34)55-45(64)43-51(5,6)26-41-62(43)49(66)37(20-24-72-41)57-47(70)32(2)53-8/h9-18,27,31-32,36-43,52-53H,19-26,28-30H2,1-8H3,(H,54,63)(H,55,64)(H,56,69)(H,57,70)/t31-,32-,36-,37-,38+,39+,40-,41-,42+,43+/m0/s1. The number of hydrogen-bond donors (Lipinski definition) is 6. The Kier molecular flexibility index (Phi) is 19.2. The summed E-state index contributed by atoms with van der Waals surface area (Å²) in [4.78, 5) is 62.2. The summed E-state index contributed by atoms with van der Waals surface area (Å²) in [6.07, 6.45) is 4.42. The normalized spacial score (nSPS) is 25.2. The number of carbonyl (C=O) groups excluding carboxylic acids is 4. The second kappa shape index (κ2) is 24.9. The van der Waals surface area contributed by atoms with Gasteiger partial charge in [0.05, 0.1) is 84.1 Å². The van der Waals surface area contributed by atoms with Gasteiger partial charge in [0, 0.05) is 0 Å². The highest BCUT2D eigenvalue weighted by atomic mass is 32.2. The van der Waals surface area contributed by atoms with Crippen molar-refractivity contribution in [3.8, 4) is 0 Å². The van der Waals surface area contributed by atoms with E-state index in [1.54, 1.807) is 44.2 Å². The van der Waals surface area contributed by atoms with Crippen LogP contribution in [0, 0.1) is 10.8 Å². The van der Waals surface area contributed by atoms with Crippen LogP contribution in [0.15, 0.2) is 66.9 Å². The molecule has 72 heavy (non-hydrogen) atoms. The lowest BCUT2D eigenvalue weighted by Gasteiger charge is -2.35. The minimum atomic E-state index is -0.697. The quantitative estimate of drug-likeness (QED) is 0.0645. The summed E-state index contributed by atoms with van der Waals surface area (Å²) in [5.41, 5.74) is 1.41. The lowest BCUT2D eigenvalue weighted by atomic mass is 9.83. The molecule has 0 radical (unpaired) electrons. The highest BCUT2D eigenvalue weighted by Crippen LogP contribution is 2.48. The number of thioether (sulfide) groups is 2. The predicted molar refractivity (Wildman–Crippen MR) is 291 cm³/mol. The number of thiocarbonyl (C=S) groups is 2. The van der Waals surface area contributed by atoms with Gasteiger partial charge in [-0.05, 0) is 87.1 Å². The van der Waals surface area contributed by atoms with E-state index in [1.807, 2.05) is 88.6 Å². The molecule has 17 nitrogen and oxygen atoms in total. The maximum atomic E-state index is 14.5. The van der Waals surface area contributed by atoms with Gasteiger partial charge in [0.2, 0.25) is 23.6 Å². The molecule has 4 saturated heterocycles. The Morgan fingerprint density at radius 2 is 1.17 bits per heavy atom. The SMILES string of the molecule is CN[C@@H](C)C(=S)N[C@H]1CCS[C@H]2CC(C)(C)[C@@H](C(=O)N[C@H](COCCn3cc(COC[C@@H](NC(=O)[C@H]4N5C(=O)[C@@H](NC(=S)[C@H](C)NC)CCS[C@H]5CC4(C)C)c4ccccc4)nn3)c3ccccc3)N2C1=O. The fourth-order valence-corrected chi connectivity index (χ4v) is 13.7. The van der Waals surface area contributed by atoms with E-state index in [2.05, 4.69) is 69.9 Å². The van der Waals surface area contributed by atoms with E-state index in [-0.39, 0.29) is 72.9 Å². The van der Waals surface area contributed by atoms with Crippen LogP contribution in [-0.2, 0) is 41.8 Å². The first-order valence-electron chi connectivity index (χ1n) is 25.0. The minimum Gasteiger partial charge on any atom is -0.377 e. The van der Waals surface area contributed by atoms with Crippen molar-refractivity contribution in [2.24, 2.45) is 10.8 Å². The lowest BCUT2D eigenvalue weighted by molar-refractivity contribution is -0.142. The van der Waals surface area contributed by atoms with Crippen LogP contribution < -0.4 is 31.9 Å². The van der Waals surface area contributed by atoms with Crippen LogP contribution in [0.5, 0.6) is 0 Å².